The van der Waals surface area contributed by atoms with Crippen molar-refractivity contribution in [3.05, 3.63) is 65.5 Å². The van der Waals surface area contributed by atoms with Gasteiger partial charge in [0.15, 0.2) is 0 Å². The number of carbonyl (C=O) groups excluding carboxylic acids is 1. The summed E-state index contributed by atoms with van der Waals surface area (Å²) in [5.74, 6) is -0.155. The zero-order valence-electron chi connectivity index (χ0n) is 11.2. The number of aryl methyl sites for hydroxylation is 1. The third-order valence-corrected chi connectivity index (χ3v) is 3.65. The van der Waals surface area contributed by atoms with Crippen molar-refractivity contribution >= 4 is 11.6 Å². The van der Waals surface area contributed by atoms with Gasteiger partial charge in [-0.15, -0.1) is 0 Å². The molecule has 1 heterocycles. The highest BCUT2D eigenvalue weighted by molar-refractivity contribution is 5.94. The summed E-state index contributed by atoms with van der Waals surface area (Å²) in [5.41, 5.74) is 2.96. The second-order valence-corrected chi connectivity index (χ2v) is 5.09. The van der Waals surface area contributed by atoms with Gasteiger partial charge >= 0.3 is 0 Å². The molecule has 2 nitrogen and oxygen atoms in total. The Bertz CT molecular complexity index is 638. The van der Waals surface area contributed by atoms with Crippen LogP contribution in [0, 0.1) is 5.82 Å². The monoisotopic (exact) mass is 269 g/mol. The Labute approximate surface area is 117 Å². The standard InChI is InChI=1S/C17H16FNO/c18-15-8-3-5-13(11-15)12-19-16-9-2-1-6-14(16)7-4-10-17(19)20/h1-3,5-6,8-9,11H,4,7,10,12H2. The summed E-state index contributed by atoms with van der Waals surface area (Å²) in [5, 5.41) is 0. The molecule has 0 bridgehead atoms. The van der Waals surface area contributed by atoms with Crippen molar-refractivity contribution in [1.29, 1.82) is 0 Å². The lowest BCUT2D eigenvalue weighted by Gasteiger charge is -2.23. The predicted octanol–water partition coefficient (Wildman–Crippen LogP) is 3.70. The van der Waals surface area contributed by atoms with E-state index in [9.17, 15) is 9.18 Å². The molecule has 3 heteroatoms. The highest BCUT2D eigenvalue weighted by Crippen LogP contribution is 2.28. The predicted molar refractivity (Wildman–Crippen MR) is 77.0 cm³/mol. The maximum atomic E-state index is 13.3. The van der Waals surface area contributed by atoms with Gasteiger partial charge in [-0.2, -0.15) is 0 Å². The molecule has 0 saturated heterocycles. The summed E-state index contributed by atoms with van der Waals surface area (Å²) in [4.78, 5) is 14.1. The Morgan fingerprint density at radius 3 is 2.75 bits per heavy atom. The van der Waals surface area contributed by atoms with Crippen LogP contribution in [0.5, 0.6) is 0 Å². The van der Waals surface area contributed by atoms with Crippen molar-refractivity contribution in [1.82, 2.24) is 0 Å². The van der Waals surface area contributed by atoms with Gasteiger partial charge in [-0.3, -0.25) is 4.79 Å². The minimum Gasteiger partial charge on any atom is -0.308 e. The minimum atomic E-state index is -0.266. The average Bonchev–Trinajstić information content (AvgIpc) is 2.59. The van der Waals surface area contributed by atoms with Crippen LogP contribution in [0.1, 0.15) is 24.0 Å². The number of para-hydroxylation sites is 1. The molecule has 2 aromatic rings. The van der Waals surface area contributed by atoms with E-state index in [-0.39, 0.29) is 11.7 Å². The molecule has 0 radical (unpaired) electrons. The van der Waals surface area contributed by atoms with Crippen LogP contribution in [-0.4, -0.2) is 5.91 Å². The van der Waals surface area contributed by atoms with Gasteiger partial charge in [-0.05, 0) is 42.2 Å². The van der Waals surface area contributed by atoms with Crippen LogP contribution in [0.4, 0.5) is 10.1 Å². The number of carbonyl (C=O) groups is 1. The van der Waals surface area contributed by atoms with E-state index in [1.165, 1.54) is 17.7 Å². The van der Waals surface area contributed by atoms with Gasteiger partial charge in [0.05, 0.1) is 6.54 Å². The van der Waals surface area contributed by atoms with Crippen molar-refractivity contribution in [3.63, 3.8) is 0 Å². The summed E-state index contributed by atoms with van der Waals surface area (Å²) >= 11 is 0. The molecule has 0 aliphatic carbocycles. The number of nitrogens with zero attached hydrogens (tertiary/aromatic N) is 1. The molecule has 0 N–H and O–H groups in total. The molecule has 2 aromatic carbocycles. The van der Waals surface area contributed by atoms with Gasteiger partial charge in [0, 0.05) is 12.1 Å². The first-order valence-corrected chi connectivity index (χ1v) is 6.87. The Kier molecular flexibility index (Phi) is 3.50. The van der Waals surface area contributed by atoms with Crippen molar-refractivity contribution in [2.45, 2.75) is 25.8 Å². The second-order valence-electron chi connectivity index (χ2n) is 5.09. The van der Waals surface area contributed by atoms with Gasteiger partial charge in [0.2, 0.25) is 5.91 Å². The lowest BCUT2D eigenvalue weighted by molar-refractivity contribution is -0.118. The fourth-order valence-electron chi connectivity index (χ4n) is 2.68. The van der Waals surface area contributed by atoms with Crippen LogP contribution < -0.4 is 4.90 Å². The summed E-state index contributed by atoms with van der Waals surface area (Å²) in [6.07, 6.45) is 2.33. The van der Waals surface area contributed by atoms with Gasteiger partial charge in [-0.25, -0.2) is 4.39 Å². The fourth-order valence-corrected chi connectivity index (χ4v) is 2.68. The lowest BCUT2D eigenvalue weighted by atomic mass is 10.1. The Hall–Kier alpha value is -2.16. The van der Waals surface area contributed by atoms with E-state index >= 15 is 0 Å². The number of hydrogen-bond acceptors (Lipinski definition) is 1. The third kappa shape index (κ3) is 2.57. The largest absolute Gasteiger partial charge is 0.308 e. The molecule has 0 spiro atoms. The Morgan fingerprint density at radius 2 is 1.90 bits per heavy atom. The van der Waals surface area contributed by atoms with Crippen LogP contribution >= 0.6 is 0 Å². The Balaban J connectivity index is 1.96. The smallest absolute Gasteiger partial charge is 0.227 e. The van der Waals surface area contributed by atoms with Crippen LogP contribution in [0.2, 0.25) is 0 Å². The number of fused-ring (bicyclic) bond motifs is 1. The summed E-state index contributed by atoms with van der Waals surface area (Å²) < 4.78 is 13.3. The molecule has 102 valence electrons. The normalized spacial score (nSPS) is 14.8. The van der Waals surface area contributed by atoms with E-state index in [1.807, 2.05) is 24.3 Å². The van der Waals surface area contributed by atoms with Crippen molar-refractivity contribution in [2.24, 2.45) is 0 Å². The van der Waals surface area contributed by atoms with Crippen molar-refractivity contribution in [3.8, 4) is 0 Å². The number of hydrogen-bond donors (Lipinski definition) is 0. The molecule has 0 fully saturated rings. The topological polar surface area (TPSA) is 20.3 Å². The number of amides is 1. The van der Waals surface area contributed by atoms with E-state index in [0.29, 0.717) is 13.0 Å². The van der Waals surface area contributed by atoms with Crippen molar-refractivity contribution < 1.29 is 9.18 Å². The fraction of sp³-hybridized carbons (Fsp3) is 0.235. The number of rotatable bonds is 2. The van der Waals surface area contributed by atoms with Gasteiger partial charge in [0.1, 0.15) is 5.82 Å². The maximum Gasteiger partial charge on any atom is 0.227 e. The quantitative estimate of drug-likeness (QED) is 0.814. The molecule has 0 saturated carbocycles. The van der Waals surface area contributed by atoms with Crippen molar-refractivity contribution in [2.75, 3.05) is 4.90 Å². The van der Waals surface area contributed by atoms with Crippen LogP contribution in [0.25, 0.3) is 0 Å². The van der Waals surface area contributed by atoms with Crippen LogP contribution in [0.3, 0.4) is 0 Å². The number of halogens is 1. The van der Waals surface area contributed by atoms with E-state index in [1.54, 1.807) is 11.0 Å². The summed E-state index contributed by atoms with van der Waals surface area (Å²) in [6.45, 7) is 0.424. The first-order chi connectivity index (χ1) is 9.74. The number of benzene rings is 2. The van der Waals surface area contributed by atoms with Gasteiger partial charge < -0.3 is 4.90 Å². The Morgan fingerprint density at radius 1 is 1.05 bits per heavy atom. The molecule has 1 aliphatic heterocycles. The minimum absolute atomic E-state index is 0.110. The average molecular weight is 269 g/mol. The molecular weight excluding hydrogens is 253 g/mol. The second kappa shape index (κ2) is 5.45. The molecule has 0 aromatic heterocycles. The summed E-state index contributed by atoms with van der Waals surface area (Å²) in [7, 11) is 0. The molecular formula is C17H16FNO. The van der Waals surface area contributed by atoms with Gasteiger partial charge in [0.25, 0.3) is 0 Å². The van der Waals surface area contributed by atoms with Gasteiger partial charge in [-0.1, -0.05) is 30.3 Å². The van der Waals surface area contributed by atoms with E-state index in [2.05, 4.69) is 6.07 Å². The van der Waals surface area contributed by atoms with E-state index < -0.39 is 0 Å². The zero-order chi connectivity index (χ0) is 13.9. The SMILES string of the molecule is O=C1CCCc2ccccc2N1Cc1cccc(F)c1. The summed E-state index contributed by atoms with van der Waals surface area (Å²) in [6, 6.07) is 14.4. The van der Waals surface area contributed by atoms with E-state index in [4.69, 9.17) is 0 Å². The molecule has 0 unspecified atom stereocenters. The third-order valence-electron chi connectivity index (χ3n) is 3.65. The highest BCUT2D eigenvalue weighted by atomic mass is 19.1. The highest BCUT2D eigenvalue weighted by Gasteiger charge is 2.21. The lowest BCUT2D eigenvalue weighted by Crippen LogP contribution is -2.29. The molecule has 3 rings (SSSR count). The number of anilines is 1. The maximum absolute atomic E-state index is 13.3. The van der Waals surface area contributed by atoms with Crippen LogP contribution in [-0.2, 0) is 17.8 Å². The zero-order valence-corrected chi connectivity index (χ0v) is 11.2. The first-order valence-electron chi connectivity index (χ1n) is 6.87. The first kappa shape index (κ1) is 12.9. The molecule has 0 atom stereocenters. The molecule has 1 aliphatic rings. The van der Waals surface area contributed by atoms with Crippen LogP contribution in [0.15, 0.2) is 48.5 Å². The molecule has 1 amide bonds. The molecule has 20 heavy (non-hydrogen) atoms. The van der Waals surface area contributed by atoms with E-state index in [0.717, 1.165) is 24.1 Å².